The Morgan fingerprint density at radius 3 is 1.66 bits per heavy atom. The van der Waals surface area contributed by atoms with Gasteiger partial charge in [0.15, 0.2) is 0 Å². The summed E-state index contributed by atoms with van der Waals surface area (Å²) in [6, 6.07) is 19.0. The van der Waals surface area contributed by atoms with Crippen molar-refractivity contribution in [3.8, 4) is 0 Å². The van der Waals surface area contributed by atoms with Gasteiger partial charge in [-0.05, 0) is 62.5 Å². The van der Waals surface area contributed by atoms with Crippen LogP contribution in [-0.2, 0) is 11.8 Å². The van der Waals surface area contributed by atoms with Crippen LogP contribution in [0.15, 0.2) is 82.6 Å². The normalized spacial score (nSPS) is 16.5. The lowest BCUT2D eigenvalue weighted by Crippen LogP contribution is -2.17. The molecule has 8 heteroatoms. The molecule has 1 aliphatic heterocycles. The Bertz CT molecular complexity index is 2130. The lowest BCUT2D eigenvalue weighted by atomic mass is 10.0. The van der Waals surface area contributed by atoms with Crippen LogP contribution in [0.5, 0.6) is 0 Å². The van der Waals surface area contributed by atoms with E-state index in [0.717, 1.165) is 20.1 Å². The van der Waals surface area contributed by atoms with Crippen molar-refractivity contribution in [2.24, 2.45) is 0 Å². The van der Waals surface area contributed by atoms with Crippen molar-refractivity contribution in [3.63, 3.8) is 0 Å². The molecule has 2 aliphatic carbocycles. The molecule has 38 heavy (non-hydrogen) atoms. The number of halogens is 4. The topological polar surface area (TPSA) is 8.72 Å². The highest BCUT2D eigenvalue weighted by Crippen LogP contribution is 2.52. The smallest absolute Gasteiger partial charge is 0.196 e. The fourth-order valence-corrected chi connectivity index (χ4v) is 7.79. The van der Waals surface area contributed by atoms with E-state index < -0.39 is 11.8 Å². The highest BCUT2D eigenvalue weighted by molar-refractivity contribution is 8.32. The van der Waals surface area contributed by atoms with Crippen LogP contribution in [0.4, 0.5) is 17.6 Å². The van der Waals surface area contributed by atoms with Crippen molar-refractivity contribution < 1.29 is 17.6 Å². The number of hydrogen-bond acceptors (Lipinski definition) is 2. The molecule has 1 heterocycles. The van der Waals surface area contributed by atoms with Gasteiger partial charge in [0, 0.05) is 32.0 Å². The van der Waals surface area contributed by atoms with Crippen LogP contribution in [0, 0.1) is 34.0 Å². The van der Waals surface area contributed by atoms with E-state index in [-0.39, 0.29) is 54.2 Å². The zero-order valence-corrected chi connectivity index (χ0v) is 20.8. The molecule has 182 valence electrons. The van der Waals surface area contributed by atoms with E-state index in [4.69, 9.17) is 13.1 Å². The van der Waals surface area contributed by atoms with Crippen LogP contribution in [0.1, 0.15) is 22.3 Å². The van der Waals surface area contributed by atoms with Gasteiger partial charge in [-0.3, -0.25) is 0 Å². The largest absolute Gasteiger partial charge is 0.526 e. The number of hydrogen-bond donors (Lipinski definition) is 0. The maximum Gasteiger partial charge on any atom is 0.526 e. The van der Waals surface area contributed by atoms with Gasteiger partial charge in [0.1, 0.15) is 13.1 Å². The zero-order chi connectivity index (χ0) is 26.4. The number of thioether (sulfide) groups is 2. The Balaban J connectivity index is 1.49. The molecule has 4 aromatic carbocycles. The molecule has 0 atom stereocenters. The van der Waals surface area contributed by atoms with Gasteiger partial charge in [-0.2, -0.15) is 27.3 Å². The van der Waals surface area contributed by atoms with Gasteiger partial charge >= 0.3 is 5.82 Å². The van der Waals surface area contributed by atoms with Gasteiger partial charge in [0.25, 0.3) is 11.8 Å². The number of rotatable bonds is 0. The van der Waals surface area contributed by atoms with E-state index in [1.54, 1.807) is 12.1 Å². The van der Waals surface area contributed by atoms with Gasteiger partial charge in [-0.15, -0.1) is 0 Å². The first kappa shape index (κ1) is 23.2. The molecule has 0 amide bonds. The van der Waals surface area contributed by atoms with Gasteiger partial charge in [-0.25, -0.2) is 0 Å². The maximum atomic E-state index is 15.9. The van der Waals surface area contributed by atoms with Crippen LogP contribution < -0.4 is 10.4 Å². The van der Waals surface area contributed by atoms with Gasteiger partial charge in [-0.1, -0.05) is 59.9 Å². The molecule has 0 radical (unpaired) electrons. The summed E-state index contributed by atoms with van der Waals surface area (Å²) in [5.74, 6) is -7.14. The average Bonchev–Trinajstić information content (AvgIpc) is 3.52. The van der Waals surface area contributed by atoms with E-state index in [9.17, 15) is 0 Å². The van der Waals surface area contributed by atoms with E-state index >= 15 is 17.6 Å². The summed E-state index contributed by atoms with van der Waals surface area (Å²) in [5, 5.41) is 1.26. The van der Waals surface area contributed by atoms with Gasteiger partial charge < -0.3 is 0 Å². The third-order valence-electron chi connectivity index (χ3n) is 7.09. The van der Waals surface area contributed by atoms with Crippen LogP contribution in [-0.4, -0.2) is 0 Å². The Kier molecular flexibility index (Phi) is 4.73. The molecule has 0 N–H and O–H groups in total. The molecule has 2 nitrogen and oxygen atoms in total. The van der Waals surface area contributed by atoms with Crippen molar-refractivity contribution in [2.75, 3.05) is 0 Å². The Morgan fingerprint density at radius 2 is 1.11 bits per heavy atom. The number of nitrogens with zero attached hydrogens (tertiary/aromatic N) is 2. The summed E-state index contributed by atoms with van der Waals surface area (Å²) < 4.78 is 64.0. The predicted molar refractivity (Wildman–Crippen MR) is 138 cm³/mol. The monoisotopic (exact) mass is 540 g/mol. The summed E-state index contributed by atoms with van der Waals surface area (Å²) in [4.78, 5) is 8.35. The molecule has 7 rings (SSSR count). The third kappa shape index (κ3) is 3.02. The number of fused-ring (bicyclic) bond motifs is 5. The first-order valence-corrected chi connectivity index (χ1v) is 13.1. The highest BCUT2D eigenvalue weighted by Gasteiger charge is 2.45. The quantitative estimate of drug-likeness (QED) is 0.175. The third-order valence-corrected chi connectivity index (χ3v) is 9.71. The van der Waals surface area contributed by atoms with Crippen LogP contribution >= 0.6 is 23.5 Å². The van der Waals surface area contributed by atoms with Crippen molar-refractivity contribution in [1.29, 1.82) is 0 Å². The molecule has 4 aromatic rings. The summed E-state index contributed by atoms with van der Waals surface area (Å²) in [7, 11) is 0. The van der Waals surface area contributed by atoms with Crippen molar-refractivity contribution in [3.05, 3.63) is 149 Å². The standard InChI is InChI=1S/C30H12F4N2S2/c1-35-27(36-2)15-7-9-17-19-13-24-20(14-23(19)29(31,32)21(17)11-15)18-10-8-16(12-22(18)30(24,33)34)28-37-25-5-3-4-6-26(25)38-28/h3-14H. The van der Waals surface area contributed by atoms with E-state index in [1.165, 1.54) is 53.9 Å². The molecule has 0 fully saturated rings. The van der Waals surface area contributed by atoms with Crippen LogP contribution in [0.3, 0.4) is 0 Å². The minimum atomic E-state index is -3.46. The Morgan fingerprint density at radius 1 is 0.605 bits per heavy atom. The summed E-state index contributed by atoms with van der Waals surface area (Å²) in [5.41, 5.74) is -1.23. The lowest BCUT2D eigenvalue weighted by Gasteiger charge is -2.15. The van der Waals surface area contributed by atoms with Crippen molar-refractivity contribution in [1.82, 2.24) is 0 Å². The van der Waals surface area contributed by atoms with Gasteiger partial charge in [0.2, 0.25) is 0 Å². The molecule has 0 saturated heterocycles. The fourth-order valence-electron chi connectivity index (χ4n) is 5.31. The number of alkyl halides is 4. The van der Waals surface area contributed by atoms with E-state index in [1.807, 2.05) is 24.3 Å². The van der Waals surface area contributed by atoms with Crippen molar-refractivity contribution in [2.45, 2.75) is 21.6 Å². The maximum absolute atomic E-state index is 15.9. The zero-order valence-electron chi connectivity index (χ0n) is 19.2. The molecular weight excluding hydrogens is 528 g/mol. The highest BCUT2D eigenvalue weighted by atomic mass is 32.2. The average molecular weight is 541 g/mol. The first-order valence-electron chi connectivity index (χ1n) is 11.4. The van der Waals surface area contributed by atoms with E-state index in [0.29, 0.717) is 5.22 Å². The molecular formula is C30H12F4N2S2. The fraction of sp³-hybridized carbons (Fsp3) is 0.0667. The Hall–Kier alpha value is -3.98. The van der Waals surface area contributed by atoms with E-state index in [2.05, 4.69) is 9.69 Å². The van der Waals surface area contributed by atoms with Gasteiger partial charge in [0.05, 0.1) is 9.46 Å². The SMILES string of the molecule is [C-]#[N+]C([N+]#[C-])=c1ccc2c(c1)C(F)(F)c1cc3c(cc1=2)C(F)(F)c1cc(=C2Sc4ccccc4S2)ccc1=3. The van der Waals surface area contributed by atoms with Crippen LogP contribution in [0.25, 0.3) is 19.7 Å². The molecule has 0 unspecified atom stereocenters. The predicted octanol–water partition coefficient (Wildman–Crippen LogP) is 7.04. The van der Waals surface area contributed by atoms with Crippen LogP contribution in [0.2, 0.25) is 0 Å². The minimum Gasteiger partial charge on any atom is -0.196 e. The molecule has 0 aromatic heterocycles. The molecule has 0 bridgehead atoms. The number of benzene rings is 4. The summed E-state index contributed by atoms with van der Waals surface area (Å²) in [6.07, 6.45) is 0. The Labute approximate surface area is 221 Å². The summed E-state index contributed by atoms with van der Waals surface area (Å²) >= 11 is 3.06. The second-order valence-electron chi connectivity index (χ2n) is 9.10. The summed E-state index contributed by atoms with van der Waals surface area (Å²) in [6.45, 7) is 14.3. The molecule has 3 aliphatic rings. The molecule has 0 saturated carbocycles. The lowest BCUT2D eigenvalue weighted by molar-refractivity contribution is 0.0416. The second-order valence-corrected chi connectivity index (χ2v) is 11.5. The first-order chi connectivity index (χ1) is 18.2. The minimum absolute atomic E-state index is 0.0434. The van der Waals surface area contributed by atoms with Crippen molar-refractivity contribution >= 4 is 33.6 Å². The molecule has 0 spiro atoms. The second kappa shape index (κ2) is 7.77.